The minimum atomic E-state index is -0.560. The molecule has 9 nitrogen and oxygen atoms in total. The molecule has 46 heavy (non-hydrogen) atoms. The normalized spacial score (nSPS) is 16.7. The number of fused-ring (bicyclic) bond motifs is 1. The second-order valence-electron chi connectivity index (χ2n) is 13.1. The molecule has 3 amide bonds. The van der Waals surface area contributed by atoms with E-state index in [0.717, 1.165) is 37.4 Å². The zero-order valence-electron chi connectivity index (χ0n) is 27.8. The molecule has 0 aromatic heterocycles. The Kier molecular flexibility index (Phi) is 10.0. The van der Waals surface area contributed by atoms with Crippen LogP contribution in [0.15, 0.2) is 66.7 Å². The van der Waals surface area contributed by atoms with Crippen LogP contribution >= 0.6 is 0 Å². The number of methoxy groups -OCH3 is 2. The van der Waals surface area contributed by atoms with Crippen LogP contribution in [0.1, 0.15) is 84.5 Å². The number of amides is 3. The van der Waals surface area contributed by atoms with Crippen molar-refractivity contribution in [3.63, 3.8) is 0 Å². The Hall–Kier alpha value is -4.37. The molecule has 244 valence electrons. The van der Waals surface area contributed by atoms with Gasteiger partial charge in [0.1, 0.15) is 0 Å². The van der Waals surface area contributed by atoms with Gasteiger partial charge in [-0.25, -0.2) is 0 Å². The molecule has 9 heteroatoms. The highest BCUT2D eigenvalue weighted by Crippen LogP contribution is 2.40. The molecule has 0 unspecified atom stereocenters. The highest BCUT2D eigenvalue weighted by Gasteiger charge is 2.43. The van der Waals surface area contributed by atoms with E-state index in [4.69, 9.17) is 9.47 Å². The Morgan fingerprint density at radius 1 is 0.848 bits per heavy atom. The fourth-order valence-electron chi connectivity index (χ4n) is 6.39. The summed E-state index contributed by atoms with van der Waals surface area (Å²) >= 11 is 0. The first-order chi connectivity index (χ1) is 22.0. The van der Waals surface area contributed by atoms with Crippen molar-refractivity contribution < 1.29 is 23.9 Å². The molecule has 2 aliphatic rings. The summed E-state index contributed by atoms with van der Waals surface area (Å²) in [6, 6.07) is 21.3. The number of hydrogen-bond donors (Lipinski definition) is 1. The number of nitrogens with one attached hydrogen (secondary N) is 1. The Morgan fingerprint density at radius 3 is 2.20 bits per heavy atom. The zero-order valence-corrected chi connectivity index (χ0v) is 27.8. The second-order valence-corrected chi connectivity index (χ2v) is 13.1. The van der Waals surface area contributed by atoms with Crippen LogP contribution in [0.2, 0.25) is 0 Å². The van der Waals surface area contributed by atoms with Gasteiger partial charge in [-0.2, -0.15) is 0 Å². The van der Waals surface area contributed by atoms with E-state index in [1.807, 2.05) is 51.1 Å². The number of carbonyl (C=O) groups excluding carboxylic acids is 3. The third-order valence-electron chi connectivity index (χ3n) is 9.13. The number of rotatable bonds is 11. The first-order valence-electron chi connectivity index (χ1n) is 16.1. The van der Waals surface area contributed by atoms with Crippen molar-refractivity contribution in [2.24, 2.45) is 5.41 Å². The van der Waals surface area contributed by atoms with Crippen LogP contribution in [0.4, 0.5) is 5.69 Å². The van der Waals surface area contributed by atoms with Crippen molar-refractivity contribution in [3.05, 3.63) is 89.0 Å². The number of nitrogens with zero attached hydrogens (tertiary/aromatic N) is 3. The number of benzene rings is 3. The monoisotopic (exact) mass is 626 g/mol. The van der Waals surface area contributed by atoms with Crippen molar-refractivity contribution in [1.29, 1.82) is 0 Å². The van der Waals surface area contributed by atoms with E-state index in [-0.39, 0.29) is 17.7 Å². The van der Waals surface area contributed by atoms with Gasteiger partial charge in [0, 0.05) is 44.2 Å². The lowest BCUT2D eigenvalue weighted by molar-refractivity contribution is -0.128. The summed E-state index contributed by atoms with van der Waals surface area (Å²) in [6.45, 7) is 11.5. The molecule has 1 N–H and O–H groups in total. The van der Waals surface area contributed by atoms with Crippen LogP contribution in [0.3, 0.4) is 0 Å². The number of imide groups is 1. The van der Waals surface area contributed by atoms with Crippen LogP contribution in [0.25, 0.3) is 0 Å². The summed E-state index contributed by atoms with van der Waals surface area (Å²) in [5, 5.41) is 2.99. The summed E-state index contributed by atoms with van der Waals surface area (Å²) < 4.78 is 11.0. The standard InChI is InChI=1S/C37H46N4O5/c1-25(26-12-8-7-9-13-26)39-20-22-40(23-21-39)30-15-10-14-28-33(30)35(43)41(34(28)42)29(16-11-19-38-36(44)37(2,3)4)27-17-18-31(45-5)32(24-27)46-6/h7-10,12-15,17-18,24-25,29H,11,16,19-23H2,1-6H3,(H,38,44)/t25-,29-/m1/s1. The van der Waals surface area contributed by atoms with E-state index in [2.05, 4.69) is 46.3 Å². The van der Waals surface area contributed by atoms with E-state index in [9.17, 15) is 14.4 Å². The maximum atomic E-state index is 14.3. The fraction of sp³-hybridized carbons (Fsp3) is 0.432. The van der Waals surface area contributed by atoms with Gasteiger partial charge in [0.05, 0.1) is 37.1 Å². The first kappa shape index (κ1) is 33.0. The van der Waals surface area contributed by atoms with Gasteiger partial charge in [-0.15, -0.1) is 0 Å². The Balaban J connectivity index is 1.39. The van der Waals surface area contributed by atoms with Crippen molar-refractivity contribution in [2.75, 3.05) is 51.8 Å². The predicted octanol–water partition coefficient (Wildman–Crippen LogP) is 5.87. The van der Waals surface area contributed by atoms with E-state index >= 15 is 0 Å². The van der Waals surface area contributed by atoms with Crippen LogP contribution in [0, 0.1) is 5.41 Å². The highest BCUT2D eigenvalue weighted by atomic mass is 16.5. The second kappa shape index (κ2) is 14.0. The number of hydrogen-bond acceptors (Lipinski definition) is 7. The van der Waals surface area contributed by atoms with Gasteiger partial charge < -0.3 is 19.7 Å². The van der Waals surface area contributed by atoms with Gasteiger partial charge in [-0.1, -0.05) is 63.2 Å². The molecule has 0 bridgehead atoms. The third kappa shape index (κ3) is 6.75. The maximum Gasteiger partial charge on any atom is 0.264 e. The molecule has 2 aliphatic heterocycles. The van der Waals surface area contributed by atoms with Crippen LogP contribution in [-0.4, -0.2) is 74.5 Å². The molecule has 0 spiro atoms. The molecule has 1 saturated heterocycles. The van der Waals surface area contributed by atoms with Gasteiger partial charge in [-0.05, 0) is 55.2 Å². The van der Waals surface area contributed by atoms with Crippen molar-refractivity contribution in [1.82, 2.24) is 15.1 Å². The molecule has 0 radical (unpaired) electrons. The Bertz CT molecular complexity index is 1560. The van der Waals surface area contributed by atoms with Crippen molar-refractivity contribution in [3.8, 4) is 11.5 Å². The van der Waals surface area contributed by atoms with E-state index in [1.54, 1.807) is 26.4 Å². The Labute approximate surface area is 272 Å². The van der Waals surface area contributed by atoms with E-state index in [0.29, 0.717) is 48.1 Å². The third-order valence-corrected chi connectivity index (χ3v) is 9.13. The molecule has 1 fully saturated rings. The number of carbonyl (C=O) groups is 3. The van der Waals surface area contributed by atoms with E-state index < -0.39 is 11.5 Å². The van der Waals surface area contributed by atoms with Gasteiger partial charge in [0.25, 0.3) is 11.8 Å². The average molecular weight is 627 g/mol. The lowest BCUT2D eigenvalue weighted by Gasteiger charge is -2.39. The maximum absolute atomic E-state index is 14.3. The number of ether oxygens (including phenoxy) is 2. The molecule has 5 rings (SSSR count). The molecule has 2 heterocycles. The minimum Gasteiger partial charge on any atom is -0.493 e. The summed E-state index contributed by atoms with van der Waals surface area (Å²) in [5.74, 6) is 0.434. The molecule has 0 saturated carbocycles. The SMILES string of the molecule is COc1ccc([C@@H](CCCNC(=O)C(C)(C)C)N2C(=O)c3cccc(N4CCN([C@H](C)c5ccccc5)CC4)c3C2=O)cc1OC. The fourth-order valence-corrected chi connectivity index (χ4v) is 6.39. The topological polar surface area (TPSA) is 91.4 Å². The van der Waals surface area contributed by atoms with Crippen LogP contribution in [0.5, 0.6) is 11.5 Å². The molecule has 3 aromatic carbocycles. The smallest absolute Gasteiger partial charge is 0.264 e. The molecule has 3 aromatic rings. The van der Waals surface area contributed by atoms with Crippen molar-refractivity contribution >= 4 is 23.4 Å². The van der Waals surface area contributed by atoms with E-state index in [1.165, 1.54) is 10.5 Å². The molecule has 2 atom stereocenters. The number of anilines is 1. The summed E-state index contributed by atoms with van der Waals surface area (Å²) in [7, 11) is 3.13. The minimum absolute atomic E-state index is 0.0428. The lowest BCUT2D eigenvalue weighted by atomic mass is 9.95. The first-order valence-corrected chi connectivity index (χ1v) is 16.1. The predicted molar refractivity (Wildman–Crippen MR) is 180 cm³/mol. The van der Waals surface area contributed by atoms with Crippen LogP contribution < -0.4 is 19.7 Å². The van der Waals surface area contributed by atoms with Gasteiger partial charge >= 0.3 is 0 Å². The molecular formula is C37H46N4O5. The lowest BCUT2D eigenvalue weighted by Crippen LogP contribution is -2.47. The quantitative estimate of drug-likeness (QED) is 0.210. The Morgan fingerprint density at radius 2 is 1.54 bits per heavy atom. The van der Waals surface area contributed by atoms with Crippen molar-refractivity contribution in [2.45, 2.75) is 52.6 Å². The molecule has 0 aliphatic carbocycles. The largest absolute Gasteiger partial charge is 0.493 e. The zero-order chi connectivity index (χ0) is 33.0. The summed E-state index contributed by atoms with van der Waals surface area (Å²) in [4.78, 5) is 47.0. The number of piperazine rings is 1. The van der Waals surface area contributed by atoms with Gasteiger partial charge in [0.2, 0.25) is 5.91 Å². The summed E-state index contributed by atoms with van der Waals surface area (Å²) in [6.07, 6.45) is 1.04. The molecular weight excluding hydrogens is 580 g/mol. The van der Waals surface area contributed by atoms with Crippen LogP contribution in [-0.2, 0) is 4.79 Å². The van der Waals surface area contributed by atoms with Gasteiger partial charge in [-0.3, -0.25) is 24.2 Å². The highest BCUT2D eigenvalue weighted by molar-refractivity contribution is 6.24. The average Bonchev–Trinajstić information content (AvgIpc) is 3.33. The van der Waals surface area contributed by atoms with Gasteiger partial charge in [0.15, 0.2) is 11.5 Å². The summed E-state index contributed by atoms with van der Waals surface area (Å²) in [5.41, 5.74) is 3.23.